The van der Waals surface area contributed by atoms with Crippen molar-refractivity contribution in [1.82, 2.24) is 15.3 Å². The molecule has 1 unspecified atom stereocenters. The molecule has 0 bridgehead atoms. The van der Waals surface area contributed by atoms with Crippen molar-refractivity contribution in [1.29, 1.82) is 0 Å². The van der Waals surface area contributed by atoms with Crippen LogP contribution in [-0.4, -0.2) is 49.6 Å². The lowest BCUT2D eigenvalue weighted by Crippen LogP contribution is -2.17. The van der Waals surface area contributed by atoms with E-state index in [1.807, 2.05) is 45.9 Å². The molecule has 1 saturated heterocycles. The van der Waals surface area contributed by atoms with Gasteiger partial charge in [-0.3, -0.25) is 19.2 Å². The fourth-order valence-corrected chi connectivity index (χ4v) is 5.86. The number of aromatic amines is 2. The van der Waals surface area contributed by atoms with E-state index in [-0.39, 0.29) is 43.4 Å². The van der Waals surface area contributed by atoms with Gasteiger partial charge in [0.25, 0.3) is 5.91 Å². The van der Waals surface area contributed by atoms with Crippen LogP contribution in [0.5, 0.6) is 0 Å². The van der Waals surface area contributed by atoms with Crippen molar-refractivity contribution in [2.24, 2.45) is 10.9 Å². The molecule has 2 aliphatic rings. The van der Waals surface area contributed by atoms with E-state index in [4.69, 9.17) is 0 Å². The topological polar surface area (TPSA) is 165 Å². The van der Waals surface area contributed by atoms with Crippen LogP contribution in [0, 0.1) is 19.8 Å². The minimum atomic E-state index is -0.933. The maximum absolute atomic E-state index is 12.6. The summed E-state index contributed by atoms with van der Waals surface area (Å²) >= 11 is 0. The molecule has 1 fully saturated rings. The number of H-pyrrole nitrogens is 2. The molecule has 4 rings (SSSR count). The number of nitrogens with zero attached hydrogens (tertiary/aromatic N) is 1. The molecule has 0 aliphatic carbocycles. The van der Waals surface area contributed by atoms with Gasteiger partial charge in [0.05, 0.1) is 11.6 Å². The van der Waals surface area contributed by atoms with Gasteiger partial charge in [-0.05, 0) is 98.6 Å². The van der Waals surface area contributed by atoms with Gasteiger partial charge in [0.2, 0.25) is 5.91 Å². The fourth-order valence-electron chi connectivity index (χ4n) is 5.86. The highest BCUT2D eigenvalue weighted by molar-refractivity contribution is 6.31. The lowest BCUT2D eigenvalue weighted by Gasteiger charge is -2.05. The molecule has 2 aliphatic heterocycles. The number of hydrogen-bond acceptors (Lipinski definition) is 4. The molecule has 230 valence electrons. The molecular weight excluding hydrogens is 560 g/mol. The Morgan fingerprint density at radius 2 is 1.57 bits per heavy atom. The number of amides is 2. The van der Waals surface area contributed by atoms with Crippen LogP contribution in [0.15, 0.2) is 46.1 Å². The minimum Gasteiger partial charge on any atom is -0.481 e. The highest BCUT2D eigenvalue weighted by Crippen LogP contribution is 2.31. The number of rotatable bonds is 11. The number of aromatic nitrogens is 2. The van der Waals surface area contributed by atoms with Crippen molar-refractivity contribution in [2.75, 3.05) is 0 Å². The van der Waals surface area contributed by atoms with Crippen LogP contribution in [0.4, 0.5) is 0 Å². The number of nitrogens with one attached hydrogen (secondary N) is 3. The molecule has 10 nitrogen and oxygen atoms in total. The molecule has 1 atom stereocenters. The van der Waals surface area contributed by atoms with Crippen LogP contribution in [-0.2, 0) is 32.0 Å². The van der Waals surface area contributed by atoms with Crippen LogP contribution in [0.25, 0.3) is 18.2 Å². The van der Waals surface area contributed by atoms with Gasteiger partial charge in [-0.1, -0.05) is 25.7 Å². The van der Waals surface area contributed by atoms with Crippen molar-refractivity contribution < 1.29 is 29.4 Å². The first-order chi connectivity index (χ1) is 20.9. The van der Waals surface area contributed by atoms with Crippen molar-refractivity contribution >= 4 is 47.7 Å². The highest BCUT2D eigenvalue weighted by atomic mass is 16.4. The maximum Gasteiger partial charge on any atom is 0.303 e. The molecule has 0 saturated carbocycles. The van der Waals surface area contributed by atoms with E-state index < -0.39 is 11.9 Å². The van der Waals surface area contributed by atoms with Crippen molar-refractivity contribution in [3.05, 3.63) is 85.5 Å². The number of allylic oxidation sites excluding steroid dienone is 3. The maximum atomic E-state index is 12.6. The smallest absolute Gasteiger partial charge is 0.303 e. The molecule has 44 heavy (non-hydrogen) atoms. The first-order valence-corrected chi connectivity index (χ1v) is 14.6. The average molecular weight is 599 g/mol. The van der Waals surface area contributed by atoms with Crippen LogP contribution >= 0.6 is 0 Å². The van der Waals surface area contributed by atoms with E-state index >= 15 is 0 Å². The summed E-state index contributed by atoms with van der Waals surface area (Å²) in [6, 6.07) is 0. The minimum absolute atomic E-state index is 0.0541. The Labute approximate surface area is 255 Å². The zero-order chi connectivity index (χ0) is 32.3. The van der Waals surface area contributed by atoms with Gasteiger partial charge >= 0.3 is 11.9 Å². The lowest BCUT2D eigenvalue weighted by molar-refractivity contribution is -0.138. The summed E-state index contributed by atoms with van der Waals surface area (Å²) in [6.07, 6.45) is 9.96. The Hall–Kier alpha value is -4.99. The third kappa shape index (κ3) is 6.34. The second-order valence-electron chi connectivity index (χ2n) is 11.0. The number of hydrogen-bond donors (Lipinski definition) is 5. The monoisotopic (exact) mass is 598 g/mol. The van der Waals surface area contributed by atoms with Gasteiger partial charge in [0.15, 0.2) is 0 Å². The molecule has 0 spiro atoms. The third-order valence-electron chi connectivity index (χ3n) is 8.36. The van der Waals surface area contributed by atoms with E-state index in [0.717, 1.165) is 33.5 Å². The summed E-state index contributed by atoms with van der Waals surface area (Å²) in [5.74, 6) is -2.50. The van der Waals surface area contributed by atoms with Gasteiger partial charge in [-0.2, -0.15) is 0 Å². The number of carboxylic acids is 2. The predicted octanol–water partition coefficient (Wildman–Crippen LogP) is 3.53. The quantitative estimate of drug-likeness (QED) is 0.266. The van der Waals surface area contributed by atoms with E-state index in [9.17, 15) is 29.4 Å². The van der Waals surface area contributed by atoms with E-state index in [1.165, 1.54) is 6.08 Å². The summed E-state index contributed by atoms with van der Waals surface area (Å²) < 4.78 is 0. The van der Waals surface area contributed by atoms with Crippen LogP contribution in [0.3, 0.4) is 0 Å². The first kappa shape index (κ1) is 31.9. The molecule has 0 aromatic carbocycles. The SMILES string of the molecule is C=CC1=C(C)C(/C=c2\[nH]/c(=C\c3[nH]c(/C=C4\NC(=O)C(CC)\C4=C/C)c(C)c3CCC(=O)O)c(CCC(=O)O)c2C)=NC1=O. The predicted molar refractivity (Wildman–Crippen MR) is 169 cm³/mol. The van der Waals surface area contributed by atoms with Gasteiger partial charge in [0, 0.05) is 46.2 Å². The number of aliphatic carboxylic acids is 2. The number of carbonyl (C=O) groups is 4. The standard InChI is InChI=1S/C34H38N4O6/c1-7-20-17(4)27(37-33(20)43)14-25-18(5)23(10-12-31(39)40)29(35-25)16-30-24(11-13-32(41)42)19(6)26(36-30)15-28-21(8-2)22(9-3)34(44)38-28/h7-8,14-16,22,35-36H,1,9-13H2,2-6H3,(H,38,44)(H,39,40)(H,41,42)/b21-8+,25-14-,28-15-,29-16-. The Morgan fingerprint density at radius 1 is 0.909 bits per heavy atom. The molecule has 5 N–H and O–H groups in total. The summed E-state index contributed by atoms with van der Waals surface area (Å²) in [5.41, 5.74) is 7.95. The van der Waals surface area contributed by atoms with Crippen LogP contribution < -0.4 is 16.0 Å². The van der Waals surface area contributed by atoms with Crippen molar-refractivity contribution in [3.8, 4) is 0 Å². The Balaban J connectivity index is 1.91. The second kappa shape index (κ2) is 13.1. The van der Waals surface area contributed by atoms with E-state index in [0.29, 0.717) is 45.4 Å². The molecule has 0 radical (unpaired) electrons. The number of carbonyl (C=O) groups excluding carboxylic acids is 2. The summed E-state index contributed by atoms with van der Waals surface area (Å²) in [6.45, 7) is 13.2. The molecule has 10 heteroatoms. The van der Waals surface area contributed by atoms with Gasteiger partial charge in [0.1, 0.15) is 0 Å². The average Bonchev–Trinajstić information content (AvgIpc) is 3.62. The van der Waals surface area contributed by atoms with Gasteiger partial charge in [-0.25, -0.2) is 4.99 Å². The normalized spacial score (nSPS) is 19.5. The van der Waals surface area contributed by atoms with E-state index in [2.05, 4.69) is 26.9 Å². The fraction of sp³-hybridized carbons (Fsp3) is 0.324. The molecule has 2 aromatic heterocycles. The molecular formula is C34H38N4O6. The molecule has 2 aromatic rings. The Kier molecular flexibility index (Phi) is 9.52. The summed E-state index contributed by atoms with van der Waals surface area (Å²) in [7, 11) is 0. The summed E-state index contributed by atoms with van der Waals surface area (Å²) in [5, 5.41) is 23.2. The number of aliphatic imine (C=N–C) groups is 1. The molecule has 4 heterocycles. The van der Waals surface area contributed by atoms with Crippen LogP contribution in [0.1, 0.15) is 73.7 Å². The van der Waals surface area contributed by atoms with Crippen LogP contribution in [0.2, 0.25) is 0 Å². The van der Waals surface area contributed by atoms with Gasteiger partial charge in [-0.15, -0.1) is 0 Å². The zero-order valence-electron chi connectivity index (χ0n) is 25.7. The second-order valence-corrected chi connectivity index (χ2v) is 11.0. The molecule has 2 amide bonds. The first-order valence-electron chi connectivity index (χ1n) is 14.6. The number of carboxylic acid groups (broad SMARTS) is 2. The highest BCUT2D eigenvalue weighted by Gasteiger charge is 2.31. The third-order valence-corrected chi connectivity index (χ3v) is 8.36. The Morgan fingerprint density at radius 3 is 2.14 bits per heavy atom. The van der Waals surface area contributed by atoms with Gasteiger partial charge < -0.3 is 25.5 Å². The lowest BCUT2D eigenvalue weighted by atomic mass is 9.96. The van der Waals surface area contributed by atoms with Crippen molar-refractivity contribution in [2.45, 2.75) is 66.7 Å². The Bertz CT molecular complexity index is 1830. The largest absolute Gasteiger partial charge is 0.481 e. The summed E-state index contributed by atoms with van der Waals surface area (Å²) in [4.78, 5) is 58.9. The zero-order valence-corrected chi connectivity index (χ0v) is 25.7. The van der Waals surface area contributed by atoms with E-state index in [1.54, 1.807) is 13.0 Å². The van der Waals surface area contributed by atoms with Crippen molar-refractivity contribution in [3.63, 3.8) is 0 Å².